The lowest BCUT2D eigenvalue weighted by atomic mass is 10.1. The van der Waals surface area contributed by atoms with Crippen LogP contribution in [0.1, 0.15) is 44.0 Å². The van der Waals surface area contributed by atoms with Crippen molar-refractivity contribution in [2.45, 2.75) is 33.6 Å². The third-order valence-corrected chi connectivity index (χ3v) is 2.77. The molecule has 0 aliphatic carbocycles. The molecule has 0 aliphatic rings. The molecule has 0 fully saturated rings. The van der Waals surface area contributed by atoms with Crippen LogP contribution in [-0.2, 0) is 4.74 Å². The second-order valence-corrected chi connectivity index (χ2v) is 4.94. The quantitative estimate of drug-likeness (QED) is 0.418. The maximum atomic E-state index is 11.6. The molecule has 1 aromatic rings. The van der Waals surface area contributed by atoms with Gasteiger partial charge in [-0.25, -0.2) is 4.79 Å². The average molecular weight is 258 g/mol. The van der Waals surface area contributed by atoms with Gasteiger partial charge in [0.15, 0.2) is 0 Å². The van der Waals surface area contributed by atoms with E-state index in [2.05, 4.69) is 26.8 Å². The number of hydrogen-bond donors (Lipinski definition) is 0. The Hall–Kier alpha value is -1.83. The number of ether oxygens (including phenoxy) is 1. The van der Waals surface area contributed by atoms with E-state index in [9.17, 15) is 4.79 Å². The van der Waals surface area contributed by atoms with Crippen LogP contribution in [0.5, 0.6) is 0 Å². The molecule has 2 nitrogen and oxygen atoms in total. The van der Waals surface area contributed by atoms with Gasteiger partial charge in [-0.1, -0.05) is 36.8 Å². The molecular weight excluding hydrogens is 236 g/mol. The Morgan fingerprint density at radius 2 is 1.95 bits per heavy atom. The lowest BCUT2D eigenvalue weighted by Gasteiger charge is -2.04. The van der Waals surface area contributed by atoms with E-state index in [1.54, 1.807) is 12.1 Å². The fourth-order valence-electron chi connectivity index (χ4n) is 1.61. The van der Waals surface area contributed by atoms with Crippen molar-refractivity contribution in [1.82, 2.24) is 0 Å². The van der Waals surface area contributed by atoms with Crippen molar-refractivity contribution in [3.05, 3.63) is 59.9 Å². The molecule has 1 unspecified atom stereocenters. The normalized spacial score (nSPS) is 12.2. The first-order valence-corrected chi connectivity index (χ1v) is 6.65. The van der Waals surface area contributed by atoms with E-state index in [-0.39, 0.29) is 5.97 Å². The van der Waals surface area contributed by atoms with Gasteiger partial charge in [-0.15, -0.1) is 0 Å². The highest BCUT2D eigenvalue weighted by Crippen LogP contribution is 2.10. The topological polar surface area (TPSA) is 26.3 Å². The zero-order chi connectivity index (χ0) is 14.1. The maximum absolute atomic E-state index is 11.6. The molecule has 0 spiro atoms. The van der Waals surface area contributed by atoms with Crippen molar-refractivity contribution < 1.29 is 9.53 Å². The standard InChI is InChI=1S/C17H22O2/c1-14(2)8-7-9-15(3)12-13-19-17(18)16-10-5-4-6-11-16/h4-6,8,10-13,15H,7,9H2,1-3H3. The van der Waals surface area contributed by atoms with Crippen LogP contribution in [-0.4, -0.2) is 5.97 Å². The predicted molar refractivity (Wildman–Crippen MR) is 78.8 cm³/mol. The highest BCUT2D eigenvalue weighted by atomic mass is 16.5. The molecule has 0 amide bonds. The summed E-state index contributed by atoms with van der Waals surface area (Å²) >= 11 is 0. The van der Waals surface area contributed by atoms with Gasteiger partial charge in [0.2, 0.25) is 0 Å². The number of benzene rings is 1. The number of esters is 1. The second kappa shape index (κ2) is 8.30. The minimum atomic E-state index is -0.312. The average Bonchev–Trinajstić information content (AvgIpc) is 2.39. The van der Waals surface area contributed by atoms with Crippen LogP contribution in [0.2, 0.25) is 0 Å². The van der Waals surface area contributed by atoms with Gasteiger partial charge < -0.3 is 4.74 Å². The molecule has 102 valence electrons. The summed E-state index contributed by atoms with van der Waals surface area (Å²) in [5, 5.41) is 0. The molecule has 0 saturated carbocycles. The third kappa shape index (κ3) is 6.61. The van der Waals surface area contributed by atoms with E-state index in [4.69, 9.17) is 4.74 Å². The molecule has 0 aromatic heterocycles. The molecule has 2 heteroatoms. The molecule has 0 radical (unpaired) electrons. The van der Waals surface area contributed by atoms with Crippen LogP contribution in [0.15, 0.2) is 54.3 Å². The van der Waals surface area contributed by atoms with Crippen molar-refractivity contribution in [2.24, 2.45) is 5.92 Å². The van der Waals surface area contributed by atoms with Crippen molar-refractivity contribution in [2.75, 3.05) is 0 Å². The minimum Gasteiger partial charge on any atom is -0.431 e. The number of carbonyl (C=O) groups excluding carboxylic acids is 1. The zero-order valence-corrected chi connectivity index (χ0v) is 11.9. The highest BCUT2D eigenvalue weighted by Gasteiger charge is 2.03. The van der Waals surface area contributed by atoms with Gasteiger partial charge in [-0.05, 0) is 50.8 Å². The van der Waals surface area contributed by atoms with Crippen LogP contribution in [0.25, 0.3) is 0 Å². The summed E-state index contributed by atoms with van der Waals surface area (Å²) in [6.45, 7) is 6.32. The van der Waals surface area contributed by atoms with Crippen LogP contribution >= 0.6 is 0 Å². The maximum Gasteiger partial charge on any atom is 0.342 e. The lowest BCUT2D eigenvalue weighted by molar-refractivity contribution is 0.0661. The van der Waals surface area contributed by atoms with Gasteiger partial charge in [0.05, 0.1) is 11.8 Å². The highest BCUT2D eigenvalue weighted by molar-refractivity contribution is 5.89. The molecule has 1 atom stereocenters. The Morgan fingerprint density at radius 1 is 1.26 bits per heavy atom. The van der Waals surface area contributed by atoms with E-state index in [1.165, 1.54) is 11.8 Å². The molecule has 0 heterocycles. The van der Waals surface area contributed by atoms with Crippen LogP contribution in [0.3, 0.4) is 0 Å². The van der Waals surface area contributed by atoms with E-state index in [1.807, 2.05) is 24.3 Å². The Bertz CT molecular complexity index is 440. The molecule has 1 aromatic carbocycles. The van der Waals surface area contributed by atoms with E-state index >= 15 is 0 Å². The Morgan fingerprint density at radius 3 is 2.58 bits per heavy atom. The summed E-state index contributed by atoms with van der Waals surface area (Å²) in [5.74, 6) is 0.0903. The van der Waals surface area contributed by atoms with Gasteiger partial charge in [-0.3, -0.25) is 0 Å². The monoisotopic (exact) mass is 258 g/mol. The predicted octanol–water partition coefficient (Wildman–Crippen LogP) is 4.74. The number of rotatable bonds is 6. The van der Waals surface area contributed by atoms with Gasteiger partial charge in [0.1, 0.15) is 0 Å². The van der Waals surface area contributed by atoms with Gasteiger partial charge in [-0.2, -0.15) is 0 Å². The van der Waals surface area contributed by atoms with Crippen molar-refractivity contribution in [1.29, 1.82) is 0 Å². The van der Waals surface area contributed by atoms with Crippen LogP contribution in [0, 0.1) is 5.92 Å². The fourth-order valence-corrected chi connectivity index (χ4v) is 1.61. The summed E-state index contributed by atoms with van der Waals surface area (Å²) < 4.78 is 5.09. The van der Waals surface area contributed by atoms with Crippen molar-refractivity contribution >= 4 is 5.97 Å². The van der Waals surface area contributed by atoms with Crippen LogP contribution < -0.4 is 0 Å². The molecule has 19 heavy (non-hydrogen) atoms. The lowest BCUT2D eigenvalue weighted by Crippen LogP contribution is -2.00. The first kappa shape index (κ1) is 15.2. The zero-order valence-electron chi connectivity index (χ0n) is 11.9. The Balaban J connectivity index is 2.33. The SMILES string of the molecule is CC(C)=CCCC(C)C=COC(=O)c1ccccc1. The molecule has 0 N–H and O–H groups in total. The summed E-state index contributed by atoms with van der Waals surface area (Å²) in [7, 11) is 0. The van der Waals surface area contributed by atoms with E-state index in [0.29, 0.717) is 11.5 Å². The summed E-state index contributed by atoms with van der Waals surface area (Å²) in [4.78, 5) is 11.6. The van der Waals surface area contributed by atoms with Crippen molar-refractivity contribution in [3.8, 4) is 0 Å². The smallest absolute Gasteiger partial charge is 0.342 e. The minimum absolute atomic E-state index is 0.312. The first-order chi connectivity index (χ1) is 9.09. The summed E-state index contributed by atoms with van der Waals surface area (Å²) in [6, 6.07) is 9.01. The van der Waals surface area contributed by atoms with E-state index in [0.717, 1.165) is 12.8 Å². The number of allylic oxidation sites excluding steroid dienone is 3. The molecule has 0 bridgehead atoms. The number of carbonyl (C=O) groups is 1. The summed E-state index contributed by atoms with van der Waals surface area (Å²) in [5.41, 5.74) is 1.91. The van der Waals surface area contributed by atoms with Crippen molar-refractivity contribution in [3.63, 3.8) is 0 Å². The number of hydrogen-bond acceptors (Lipinski definition) is 2. The van der Waals surface area contributed by atoms with Gasteiger partial charge in [0, 0.05) is 0 Å². The second-order valence-electron chi connectivity index (χ2n) is 4.94. The molecule has 1 rings (SSSR count). The molecule has 0 saturated heterocycles. The van der Waals surface area contributed by atoms with E-state index < -0.39 is 0 Å². The van der Waals surface area contributed by atoms with Gasteiger partial charge in [0.25, 0.3) is 0 Å². The largest absolute Gasteiger partial charge is 0.431 e. The Labute approximate surface area is 115 Å². The van der Waals surface area contributed by atoms with Crippen LogP contribution in [0.4, 0.5) is 0 Å². The molecular formula is C17H22O2. The Kier molecular flexibility index (Phi) is 6.65. The molecule has 0 aliphatic heterocycles. The third-order valence-electron chi connectivity index (χ3n) is 2.77. The fraction of sp³-hybridized carbons (Fsp3) is 0.353. The summed E-state index contributed by atoms with van der Waals surface area (Å²) in [6.07, 6.45) is 7.77. The first-order valence-electron chi connectivity index (χ1n) is 6.65. The van der Waals surface area contributed by atoms with Gasteiger partial charge >= 0.3 is 5.97 Å².